The number of hydrogen-bond acceptors (Lipinski definition) is 3. The lowest BCUT2D eigenvalue weighted by Crippen LogP contribution is -2.41. The van der Waals surface area contributed by atoms with Gasteiger partial charge in [-0.1, -0.05) is 30.3 Å². The Morgan fingerprint density at radius 2 is 1.75 bits per heavy atom. The predicted octanol–water partition coefficient (Wildman–Crippen LogP) is 3.94. The summed E-state index contributed by atoms with van der Waals surface area (Å²) in [5.74, 6) is 2.22. The van der Waals surface area contributed by atoms with Gasteiger partial charge in [-0.3, -0.25) is 9.20 Å². The molecule has 0 aliphatic heterocycles. The lowest BCUT2D eigenvalue weighted by atomic mass is 10.1. The summed E-state index contributed by atoms with van der Waals surface area (Å²) >= 11 is 0. The number of ether oxygens (including phenoxy) is 1. The molecule has 1 unspecified atom stereocenters. The van der Waals surface area contributed by atoms with Gasteiger partial charge in [-0.15, -0.1) is 24.0 Å². The second kappa shape index (κ2) is 12.3. The Bertz CT molecular complexity index is 791. The second-order valence-electron chi connectivity index (χ2n) is 7.30. The van der Waals surface area contributed by atoms with Crippen LogP contribution in [0.5, 0.6) is 5.75 Å². The molecule has 0 aliphatic carbocycles. The molecular formula is C21H32IN3O2S. The zero-order chi connectivity index (χ0) is 19.7. The summed E-state index contributed by atoms with van der Waals surface area (Å²) in [6.07, 6.45) is 0.863. The topological polar surface area (TPSA) is 62.7 Å². The SMILES string of the molecule is CN=C(NCCCOc1ccc2ccccc2c1)NCCS(=O)C(C)(C)C.I. The molecule has 0 spiro atoms. The van der Waals surface area contributed by atoms with E-state index in [1.807, 2.05) is 39.0 Å². The number of guanidine groups is 1. The normalized spacial score (nSPS) is 12.9. The number of benzene rings is 2. The molecule has 0 aromatic heterocycles. The first-order chi connectivity index (χ1) is 12.9. The van der Waals surface area contributed by atoms with Crippen LogP contribution in [0.1, 0.15) is 27.2 Å². The van der Waals surface area contributed by atoms with E-state index in [2.05, 4.69) is 39.9 Å². The summed E-state index contributed by atoms with van der Waals surface area (Å²) in [6.45, 7) is 8.01. The number of nitrogens with one attached hydrogen (secondary N) is 2. The molecule has 0 amide bonds. The Labute approximate surface area is 188 Å². The highest BCUT2D eigenvalue weighted by atomic mass is 127. The van der Waals surface area contributed by atoms with Gasteiger partial charge in [-0.05, 0) is 50.1 Å². The van der Waals surface area contributed by atoms with Crippen LogP contribution in [0.15, 0.2) is 47.5 Å². The Morgan fingerprint density at radius 3 is 2.43 bits per heavy atom. The first kappa shape index (κ1) is 24.7. The van der Waals surface area contributed by atoms with Crippen LogP contribution < -0.4 is 15.4 Å². The third kappa shape index (κ3) is 8.34. The summed E-state index contributed by atoms with van der Waals surface area (Å²) in [7, 11) is 0.876. The minimum atomic E-state index is -0.861. The standard InChI is InChI=1S/C21H31N3O2S.HI/c1-21(2,3)27(25)15-13-24-20(22-4)23-12-7-14-26-19-11-10-17-8-5-6-9-18(17)16-19;/h5-6,8-11,16H,7,12-15H2,1-4H3,(H2,22,23,24);1H. The van der Waals surface area contributed by atoms with E-state index in [-0.39, 0.29) is 28.7 Å². The van der Waals surface area contributed by atoms with E-state index < -0.39 is 10.8 Å². The lowest BCUT2D eigenvalue weighted by Gasteiger charge is -2.18. The number of hydrogen-bond donors (Lipinski definition) is 2. The molecule has 0 radical (unpaired) electrons. The number of halogens is 1. The smallest absolute Gasteiger partial charge is 0.191 e. The van der Waals surface area contributed by atoms with E-state index in [9.17, 15) is 4.21 Å². The van der Waals surface area contributed by atoms with E-state index in [1.54, 1.807) is 7.05 Å². The fourth-order valence-corrected chi connectivity index (χ4v) is 3.41. The van der Waals surface area contributed by atoms with Gasteiger partial charge in [0.1, 0.15) is 5.75 Å². The van der Waals surface area contributed by atoms with Crippen LogP contribution in [0, 0.1) is 0 Å². The van der Waals surface area contributed by atoms with Gasteiger partial charge in [0.2, 0.25) is 0 Å². The molecule has 0 fully saturated rings. The fourth-order valence-electron chi connectivity index (χ4n) is 2.52. The molecule has 2 N–H and O–H groups in total. The molecule has 0 saturated heterocycles. The first-order valence-corrected chi connectivity index (χ1v) is 10.7. The van der Waals surface area contributed by atoms with Crippen molar-refractivity contribution in [1.29, 1.82) is 0 Å². The quantitative estimate of drug-likeness (QED) is 0.241. The van der Waals surface area contributed by atoms with Gasteiger partial charge in [0.25, 0.3) is 0 Å². The molecule has 0 aliphatic rings. The van der Waals surface area contributed by atoms with Crippen molar-refractivity contribution >= 4 is 51.5 Å². The molecule has 156 valence electrons. The molecule has 0 heterocycles. The Kier molecular flexibility index (Phi) is 10.8. The maximum Gasteiger partial charge on any atom is 0.191 e. The molecule has 0 bridgehead atoms. The highest BCUT2D eigenvalue weighted by molar-refractivity contribution is 14.0. The molecule has 2 rings (SSSR count). The van der Waals surface area contributed by atoms with E-state index >= 15 is 0 Å². The minimum absolute atomic E-state index is 0. The van der Waals surface area contributed by atoms with Crippen molar-refractivity contribution in [2.24, 2.45) is 4.99 Å². The summed E-state index contributed by atoms with van der Waals surface area (Å²) in [6, 6.07) is 14.4. The monoisotopic (exact) mass is 517 g/mol. The number of fused-ring (bicyclic) bond motifs is 1. The van der Waals surface area contributed by atoms with E-state index in [1.165, 1.54) is 10.8 Å². The molecular weight excluding hydrogens is 485 g/mol. The van der Waals surface area contributed by atoms with Gasteiger partial charge in [0, 0.05) is 41.4 Å². The third-order valence-electron chi connectivity index (χ3n) is 4.09. The van der Waals surface area contributed by atoms with Gasteiger partial charge in [-0.25, -0.2) is 0 Å². The average Bonchev–Trinajstić information content (AvgIpc) is 2.65. The minimum Gasteiger partial charge on any atom is -0.494 e. The van der Waals surface area contributed by atoms with Crippen molar-refractivity contribution in [1.82, 2.24) is 10.6 Å². The average molecular weight is 517 g/mol. The molecule has 2 aromatic carbocycles. The van der Waals surface area contributed by atoms with E-state index in [0.29, 0.717) is 18.9 Å². The number of rotatable bonds is 8. The highest BCUT2D eigenvalue weighted by Gasteiger charge is 2.18. The molecule has 2 aromatic rings. The van der Waals surface area contributed by atoms with Gasteiger partial charge in [0.15, 0.2) is 5.96 Å². The molecule has 5 nitrogen and oxygen atoms in total. The largest absolute Gasteiger partial charge is 0.494 e. The molecule has 28 heavy (non-hydrogen) atoms. The van der Waals surface area contributed by atoms with Gasteiger partial charge in [-0.2, -0.15) is 0 Å². The van der Waals surface area contributed by atoms with Crippen molar-refractivity contribution in [2.75, 3.05) is 32.5 Å². The summed E-state index contributed by atoms with van der Waals surface area (Å²) < 4.78 is 17.7. The van der Waals surface area contributed by atoms with Gasteiger partial charge >= 0.3 is 0 Å². The molecule has 0 saturated carbocycles. The second-order valence-corrected chi connectivity index (χ2v) is 9.62. The van der Waals surface area contributed by atoms with Crippen LogP contribution in [0.4, 0.5) is 0 Å². The zero-order valence-electron chi connectivity index (χ0n) is 17.2. The third-order valence-corrected chi connectivity index (χ3v) is 6.03. The highest BCUT2D eigenvalue weighted by Crippen LogP contribution is 2.20. The van der Waals surface area contributed by atoms with Crippen LogP contribution in [-0.4, -0.2) is 47.4 Å². The van der Waals surface area contributed by atoms with Crippen molar-refractivity contribution in [2.45, 2.75) is 31.9 Å². The maximum atomic E-state index is 12.0. The fraction of sp³-hybridized carbons (Fsp3) is 0.476. The Balaban J connectivity index is 0.00000392. The predicted molar refractivity (Wildman–Crippen MR) is 132 cm³/mol. The van der Waals surface area contributed by atoms with Gasteiger partial charge in [0.05, 0.1) is 6.61 Å². The number of aliphatic imine (C=N–C) groups is 1. The maximum absolute atomic E-state index is 12.0. The van der Waals surface area contributed by atoms with Crippen molar-refractivity contribution < 1.29 is 8.95 Å². The van der Waals surface area contributed by atoms with Crippen LogP contribution in [-0.2, 0) is 10.8 Å². The summed E-state index contributed by atoms with van der Waals surface area (Å²) in [5.41, 5.74) is 0. The Morgan fingerprint density at radius 1 is 1.07 bits per heavy atom. The summed E-state index contributed by atoms with van der Waals surface area (Å²) in [5, 5.41) is 8.87. The first-order valence-electron chi connectivity index (χ1n) is 9.35. The van der Waals surface area contributed by atoms with Crippen LogP contribution >= 0.6 is 24.0 Å². The van der Waals surface area contributed by atoms with E-state index in [0.717, 1.165) is 24.7 Å². The number of nitrogens with zero attached hydrogens (tertiary/aromatic N) is 1. The Hall–Kier alpha value is -1.35. The van der Waals surface area contributed by atoms with Crippen molar-refractivity contribution in [3.8, 4) is 5.75 Å². The van der Waals surface area contributed by atoms with E-state index in [4.69, 9.17) is 4.74 Å². The molecule has 1 atom stereocenters. The van der Waals surface area contributed by atoms with Crippen LogP contribution in [0.3, 0.4) is 0 Å². The van der Waals surface area contributed by atoms with Gasteiger partial charge < -0.3 is 15.4 Å². The zero-order valence-corrected chi connectivity index (χ0v) is 20.3. The molecule has 7 heteroatoms. The summed E-state index contributed by atoms with van der Waals surface area (Å²) in [4.78, 5) is 4.19. The van der Waals surface area contributed by atoms with Crippen molar-refractivity contribution in [3.63, 3.8) is 0 Å². The van der Waals surface area contributed by atoms with Crippen LogP contribution in [0.25, 0.3) is 10.8 Å². The van der Waals surface area contributed by atoms with Crippen LogP contribution in [0.2, 0.25) is 0 Å². The van der Waals surface area contributed by atoms with Crippen molar-refractivity contribution in [3.05, 3.63) is 42.5 Å². The lowest BCUT2D eigenvalue weighted by molar-refractivity contribution is 0.311.